The van der Waals surface area contributed by atoms with Crippen molar-refractivity contribution in [1.82, 2.24) is 0 Å². The van der Waals surface area contributed by atoms with E-state index in [2.05, 4.69) is 58.8 Å². The van der Waals surface area contributed by atoms with Crippen LogP contribution in [0.15, 0.2) is 23.8 Å². The van der Waals surface area contributed by atoms with Crippen molar-refractivity contribution in [2.24, 2.45) is 16.7 Å². The first-order chi connectivity index (χ1) is 7.28. The first kappa shape index (κ1) is 13.1. The fourth-order valence-corrected chi connectivity index (χ4v) is 2.37. The summed E-state index contributed by atoms with van der Waals surface area (Å²) in [5.74, 6) is 3.35. The van der Waals surface area contributed by atoms with Gasteiger partial charge in [0.1, 0.15) is 0 Å². The number of hydrogen-bond donors (Lipinski definition) is 0. The Hall–Kier alpha value is -0.960. The normalized spacial score (nSPS) is 25.2. The van der Waals surface area contributed by atoms with Crippen molar-refractivity contribution < 1.29 is 0 Å². The van der Waals surface area contributed by atoms with Crippen LogP contribution >= 0.6 is 0 Å². The van der Waals surface area contributed by atoms with Gasteiger partial charge in [0, 0.05) is 11.3 Å². The SMILES string of the molecule is C#CC(C)(C)/C=C/C1C(C)=CCCC1(C)C. The van der Waals surface area contributed by atoms with Gasteiger partial charge in [-0.05, 0) is 39.0 Å². The lowest BCUT2D eigenvalue weighted by Crippen LogP contribution is -2.26. The van der Waals surface area contributed by atoms with Gasteiger partial charge in [-0.2, -0.15) is 0 Å². The molecular weight excluding hydrogens is 192 g/mol. The molecule has 1 atom stereocenters. The summed E-state index contributed by atoms with van der Waals surface area (Å²) in [6, 6.07) is 0. The lowest BCUT2D eigenvalue weighted by Gasteiger charge is -2.37. The summed E-state index contributed by atoms with van der Waals surface area (Å²) >= 11 is 0. The van der Waals surface area contributed by atoms with Crippen molar-refractivity contribution in [2.75, 3.05) is 0 Å². The van der Waals surface area contributed by atoms with Crippen LogP contribution in [-0.2, 0) is 0 Å². The van der Waals surface area contributed by atoms with Gasteiger partial charge in [-0.1, -0.05) is 43.6 Å². The lowest BCUT2D eigenvalue weighted by atomic mass is 9.68. The van der Waals surface area contributed by atoms with Gasteiger partial charge in [-0.25, -0.2) is 0 Å². The summed E-state index contributed by atoms with van der Waals surface area (Å²) in [7, 11) is 0. The average Bonchev–Trinajstić information content (AvgIpc) is 2.16. The first-order valence-electron chi connectivity index (χ1n) is 6.12. The molecule has 0 N–H and O–H groups in total. The van der Waals surface area contributed by atoms with Crippen LogP contribution < -0.4 is 0 Å². The molecule has 0 aliphatic heterocycles. The van der Waals surface area contributed by atoms with Crippen LogP contribution in [0.2, 0.25) is 0 Å². The standard InChI is InChI=1S/C16H24/c1-7-15(3,4)12-10-14-13(2)9-8-11-16(14,5)6/h1,9-10,12,14H,8,11H2,2-6H3/b12-10+. The quantitative estimate of drug-likeness (QED) is 0.468. The van der Waals surface area contributed by atoms with Crippen LogP contribution in [0.4, 0.5) is 0 Å². The van der Waals surface area contributed by atoms with Crippen LogP contribution in [-0.4, -0.2) is 0 Å². The summed E-state index contributed by atoms with van der Waals surface area (Å²) in [6.45, 7) is 11.1. The van der Waals surface area contributed by atoms with Crippen molar-refractivity contribution in [2.45, 2.75) is 47.5 Å². The van der Waals surface area contributed by atoms with E-state index >= 15 is 0 Å². The summed E-state index contributed by atoms with van der Waals surface area (Å²) in [4.78, 5) is 0. The topological polar surface area (TPSA) is 0 Å². The van der Waals surface area contributed by atoms with E-state index in [4.69, 9.17) is 6.42 Å². The van der Waals surface area contributed by atoms with E-state index < -0.39 is 0 Å². The molecule has 0 fully saturated rings. The van der Waals surface area contributed by atoms with Crippen LogP contribution in [0.5, 0.6) is 0 Å². The number of allylic oxidation sites excluding steroid dienone is 4. The largest absolute Gasteiger partial charge is 0.119 e. The Morgan fingerprint density at radius 3 is 2.62 bits per heavy atom. The molecule has 0 saturated heterocycles. The minimum Gasteiger partial charge on any atom is -0.119 e. The Kier molecular flexibility index (Phi) is 3.68. The molecule has 88 valence electrons. The van der Waals surface area contributed by atoms with Crippen molar-refractivity contribution in [1.29, 1.82) is 0 Å². The van der Waals surface area contributed by atoms with Crippen LogP contribution in [0.25, 0.3) is 0 Å². The summed E-state index contributed by atoms with van der Waals surface area (Å²) < 4.78 is 0. The van der Waals surface area contributed by atoms with E-state index in [1.165, 1.54) is 18.4 Å². The van der Waals surface area contributed by atoms with Gasteiger partial charge in [0.05, 0.1) is 0 Å². The molecule has 0 bridgehead atoms. The Bertz CT molecular complexity index is 345. The minimum atomic E-state index is -0.131. The fraction of sp³-hybridized carbons (Fsp3) is 0.625. The highest BCUT2D eigenvalue weighted by Gasteiger charge is 2.31. The fourth-order valence-electron chi connectivity index (χ4n) is 2.37. The van der Waals surface area contributed by atoms with E-state index in [-0.39, 0.29) is 5.41 Å². The van der Waals surface area contributed by atoms with Gasteiger partial charge in [0.25, 0.3) is 0 Å². The molecule has 0 heterocycles. The molecular formula is C16H24. The van der Waals surface area contributed by atoms with Gasteiger partial charge >= 0.3 is 0 Å². The highest BCUT2D eigenvalue weighted by Crippen LogP contribution is 2.42. The molecule has 0 aromatic heterocycles. The second-order valence-electron chi connectivity index (χ2n) is 6.18. The summed E-state index contributed by atoms with van der Waals surface area (Å²) in [5.41, 5.74) is 1.72. The van der Waals surface area contributed by atoms with Gasteiger partial charge in [0.2, 0.25) is 0 Å². The number of hydrogen-bond acceptors (Lipinski definition) is 0. The van der Waals surface area contributed by atoms with E-state index in [0.29, 0.717) is 11.3 Å². The van der Waals surface area contributed by atoms with Gasteiger partial charge in [-0.3, -0.25) is 0 Å². The smallest absolute Gasteiger partial charge is 0.0435 e. The summed E-state index contributed by atoms with van der Waals surface area (Å²) in [5, 5.41) is 0. The maximum atomic E-state index is 5.51. The molecule has 0 amide bonds. The van der Waals surface area contributed by atoms with Crippen LogP contribution in [0.1, 0.15) is 47.5 Å². The van der Waals surface area contributed by atoms with Crippen LogP contribution in [0.3, 0.4) is 0 Å². The van der Waals surface area contributed by atoms with Crippen molar-refractivity contribution >= 4 is 0 Å². The zero-order valence-corrected chi connectivity index (χ0v) is 11.3. The third-order valence-corrected chi connectivity index (χ3v) is 3.66. The molecule has 0 radical (unpaired) electrons. The Labute approximate surface area is 101 Å². The molecule has 0 spiro atoms. The average molecular weight is 216 g/mol. The minimum absolute atomic E-state index is 0.131. The molecule has 0 aromatic carbocycles. The molecule has 1 unspecified atom stereocenters. The molecule has 0 aromatic rings. The molecule has 16 heavy (non-hydrogen) atoms. The van der Waals surface area contributed by atoms with Crippen molar-refractivity contribution in [3.8, 4) is 12.3 Å². The Morgan fingerprint density at radius 1 is 1.50 bits per heavy atom. The molecule has 1 aliphatic carbocycles. The van der Waals surface area contributed by atoms with Gasteiger partial charge in [0.15, 0.2) is 0 Å². The number of terminal acetylenes is 1. The van der Waals surface area contributed by atoms with E-state index in [9.17, 15) is 0 Å². The highest BCUT2D eigenvalue weighted by atomic mass is 14.4. The van der Waals surface area contributed by atoms with Crippen molar-refractivity contribution in [3.05, 3.63) is 23.8 Å². The molecule has 0 nitrogen and oxygen atoms in total. The molecule has 1 rings (SSSR count). The maximum absolute atomic E-state index is 5.51. The van der Waals surface area contributed by atoms with Gasteiger partial charge in [-0.15, -0.1) is 6.42 Å². The Morgan fingerprint density at radius 2 is 2.12 bits per heavy atom. The van der Waals surface area contributed by atoms with E-state index in [1.54, 1.807) is 0 Å². The third-order valence-electron chi connectivity index (χ3n) is 3.66. The predicted molar refractivity (Wildman–Crippen MR) is 72.0 cm³/mol. The number of rotatable bonds is 2. The summed E-state index contributed by atoms with van der Waals surface area (Å²) in [6.07, 6.45) is 14.8. The molecule has 0 saturated carbocycles. The van der Waals surface area contributed by atoms with E-state index in [0.717, 1.165) is 0 Å². The Balaban J connectivity index is 2.91. The lowest BCUT2D eigenvalue weighted by molar-refractivity contribution is 0.254. The highest BCUT2D eigenvalue weighted by molar-refractivity contribution is 5.22. The monoisotopic (exact) mass is 216 g/mol. The zero-order chi connectivity index (χ0) is 12.4. The second-order valence-corrected chi connectivity index (χ2v) is 6.18. The third kappa shape index (κ3) is 3.01. The predicted octanol–water partition coefficient (Wildman–Crippen LogP) is 4.58. The van der Waals surface area contributed by atoms with Crippen LogP contribution in [0, 0.1) is 29.1 Å². The molecule has 0 heteroatoms. The van der Waals surface area contributed by atoms with Gasteiger partial charge < -0.3 is 0 Å². The molecule has 1 aliphatic rings. The maximum Gasteiger partial charge on any atom is 0.0435 e. The second kappa shape index (κ2) is 4.50. The van der Waals surface area contributed by atoms with Crippen molar-refractivity contribution in [3.63, 3.8) is 0 Å². The zero-order valence-electron chi connectivity index (χ0n) is 11.3. The van der Waals surface area contributed by atoms with E-state index in [1.807, 2.05) is 0 Å². The first-order valence-corrected chi connectivity index (χ1v) is 6.12.